The molecular weight excluding hydrogens is 262 g/mol. The lowest BCUT2D eigenvalue weighted by Gasteiger charge is -2.10. The third-order valence-electron chi connectivity index (χ3n) is 3.33. The van der Waals surface area contributed by atoms with E-state index in [-0.39, 0.29) is 0 Å². The number of para-hydroxylation sites is 1. The molecule has 2 rings (SSSR count). The summed E-state index contributed by atoms with van der Waals surface area (Å²) in [5.41, 5.74) is 3.80. The average Bonchev–Trinajstić information content (AvgIpc) is 2.49. The van der Waals surface area contributed by atoms with E-state index >= 15 is 0 Å². The molecule has 0 spiro atoms. The summed E-state index contributed by atoms with van der Waals surface area (Å²) < 4.78 is 0. The van der Waals surface area contributed by atoms with Crippen LogP contribution in [0.4, 0.5) is 5.69 Å². The summed E-state index contributed by atoms with van der Waals surface area (Å²) in [7, 11) is 0. The first kappa shape index (κ1) is 15.0. The van der Waals surface area contributed by atoms with Gasteiger partial charge in [-0.15, -0.1) is 0 Å². The number of carboxylic acids is 1. The van der Waals surface area contributed by atoms with Crippen LogP contribution in [0, 0.1) is 6.92 Å². The van der Waals surface area contributed by atoms with E-state index in [1.165, 1.54) is 0 Å². The Kier molecular flexibility index (Phi) is 4.88. The number of carbonyl (C=O) groups is 1. The first-order valence-corrected chi connectivity index (χ1v) is 7.09. The zero-order chi connectivity index (χ0) is 15.2. The van der Waals surface area contributed by atoms with E-state index < -0.39 is 5.97 Å². The number of nitrogens with zero attached hydrogens (tertiary/aromatic N) is 1. The van der Waals surface area contributed by atoms with Crippen LogP contribution in [-0.2, 0) is 0 Å². The predicted octanol–water partition coefficient (Wildman–Crippen LogP) is 4.61. The van der Waals surface area contributed by atoms with Crippen LogP contribution in [0.1, 0.15) is 41.3 Å². The van der Waals surface area contributed by atoms with Crippen molar-refractivity contribution in [2.24, 2.45) is 4.99 Å². The van der Waals surface area contributed by atoms with Gasteiger partial charge in [-0.3, -0.25) is 4.99 Å². The summed E-state index contributed by atoms with van der Waals surface area (Å²) in [5.74, 6) is -0.917. The van der Waals surface area contributed by atoms with Crippen LogP contribution in [0.15, 0.2) is 53.5 Å². The van der Waals surface area contributed by atoms with Gasteiger partial charge < -0.3 is 5.11 Å². The number of carboxylic acid groups (broad SMARTS) is 1. The van der Waals surface area contributed by atoms with E-state index in [0.29, 0.717) is 11.1 Å². The normalized spacial score (nSPS) is 11.4. The van der Waals surface area contributed by atoms with Gasteiger partial charge in [-0.1, -0.05) is 49.7 Å². The molecule has 0 fully saturated rings. The fourth-order valence-corrected chi connectivity index (χ4v) is 2.24. The molecule has 3 nitrogen and oxygen atoms in total. The van der Waals surface area contributed by atoms with E-state index in [1.54, 1.807) is 12.1 Å². The standard InChI is InChI=1S/C18H19NO2/c1-3-8-17(19-16-12-7-4-9-13(16)2)14-10-5-6-11-15(14)18(20)21/h4-7,9-12H,3,8H2,1-2H3,(H,20,21). The fraction of sp³-hybridized carbons (Fsp3) is 0.222. The molecule has 0 unspecified atom stereocenters. The van der Waals surface area contributed by atoms with Crippen molar-refractivity contribution in [1.29, 1.82) is 0 Å². The van der Waals surface area contributed by atoms with Crippen molar-refractivity contribution in [2.75, 3.05) is 0 Å². The molecule has 21 heavy (non-hydrogen) atoms. The Labute approximate surface area is 125 Å². The van der Waals surface area contributed by atoms with Gasteiger partial charge in [-0.25, -0.2) is 4.79 Å². The van der Waals surface area contributed by atoms with Gasteiger partial charge in [0.15, 0.2) is 0 Å². The monoisotopic (exact) mass is 281 g/mol. The van der Waals surface area contributed by atoms with Crippen LogP contribution in [-0.4, -0.2) is 16.8 Å². The van der Waals surface area contributed by atoms with Crippen LogP contribution >= 0.6 is 0 Å². The molecule has 3 heteroatoms. The minimum Gasteiger partial charge on any atom is -0.478 e. The second kappa shape index (κ2) is 6.84. The molecule has 1 N–H and O–H groups in total. The van der Waals surface area contributed by atoms with E-state index in [4.69, 9.17) is 4.99 Å². The molecule has 0 saturated heterocycles. The lowest BCUT2D eigenvalue weighted by atomic mass is 9.99. The number of aromatic carboxylic acids is 1. The summed E-state index contributed by atoms with van der Waals surface area (Å²) >= 11 is 0. The maximum absolute atomic E-state index is 11.4. The minimum absolute atomic E-state index is 0.304. The van der Waals surface area contributed by atoms with E-state index in [2.05, 4.69) is 6.92 Å². The Morgan fingerprint density at radius 3 is 2.29 bits per heavy atom. The van der Waals surface area contributed by atoms with Gasteiger partial charge in [0.1, 0.15) is 0 Å². The molecule has 0 heterocycles. The predicted molar refractivity (Wildman–Crippen MR) is 85.7 cm³/mol. The van der Waals surface area contributed by atoms with Crippen molar-refractivity contribution < 1.29 is 9.90 Å². The quantitative estimate of drug-likeness (QED) is 0.813. The summed E-state index contributed by atoms with van der Waals surface area (Å²) in [6, 6.07) is 14.9. The third kappa shape index (κ3) is 3.57. The Morgan fingerprint density at radius 2 is 1.67 bits per heavy atom. The van der Waals surface area contributed by atoms with Crippen molar-refractivity contribution in [3.63, 3.8) is 0 Å². The highest BCUT2D eigenvalue weighted by molar-refractivity contribution is 6.09. The molecule has 0 radical (unpaired) electrons. The van der Waals surface area contributed by atoms with Crippen LogP contribution in [0.2, 0.25) is 0 Å². The van der Waals surface area contributed by atoms with Crippen LogP contribution in [0.3, 0.4) is 0 Å². The van der Waals surface area contributed by atoms with Gasteiger partial charge in [-0.2, -0.15) is 0 Å². The highest BCUT2D eigenvalue weighted by Gasteiger charge is 2.14. The highest BCUT2D eigenvalue weighted by Crippen LogP contribution is 2.22. The van der Waals surface area contributed by atoms with Crippen molar-refractivity contribution in [1.82, 2.24) is 0 Å². The summed E-state index contributed by atoms with van der Waals surface area (Å²) in [6.07, 6.45) is 1.66. The summed E-state index contributed by atoms with van der Waals surface area (Å²) in [4.78, 5) is 16.1. The van der Waals surface area contributed by atoms with Gasteiger partial charge >= 0.3 is 5.97 Å². The molecule has 0 aliphatic heterocycles. The molecule has 0 aromatic heterocycles. The Balaban J connectivity index is 2.55. The second-order valence-corrected chi connectivity index (χ2v) is 4.95. The Bertz CT molecular complexity index is 674. The summed E-state index contributed by atoms with van der Waals surface area (Å²) in [5, 5.41) is 9.35. The first-order valence-electron chi connectivity index (χ1n) is 7.09. The maximum atomic E-state index is 11.4. The van der Waals surface area contributed by atoms with Crippen molar-refractivity contribution in [3.05, 3.63) is 65.2 Å². The van der Waals surface area contributed by atoms with Crippen LogP contribution in [0.5, 0.6) is 0 Å². The smallest absolute Gasteiger partial charge is 0.336 e. The SMILES string of the molecule is CCCC(=Nc1ccccc1C)c1ccccc1C(=O)O. The van der Waals surface area contributed by atoms with E-state index in [0.717, 1.165) is 29.8 Å². The molecule has 0 amide bonds. The van der Waals surface area contributed by atoms with Gasteiger partial charge in [0.25, 0.3) is 0 Å². The molecule has 0 aliphatic carbocycles. The molecule has 2 aromatic rings. The first-order chi connectivity index (χ1) is 10.1. The molecule has 2 aromatic carbocycles. The van der Waals surface area contributed by atoms with Crippen molar-refractivity contribution >= 4 is 17.4 Å². The number of hydrogen-bond donors (Lipinski definition) is 1. The number of aryl methyl sites for hydroxylation is 1. The molecular formula is C18H19NO2. The zero-order valence-electron chi connectivity index (χ0n) is 12.3. The number of benzene rings is 2. The Morgan fingerprint density at radius 1 is 1.05 bits per heavy atom. The highest BCUT2D eigenvalue weighted by atomic mass is 16.4. The van der Waals surface area contributed by atoms with Gasteiger partial charge in [0.05, 0.1) is 11.3 Å². The van der Waals surface area contributed by atoms with Gasteiger partial charge in [-0.05, 0) is 31.0 Å². The van der Waals surface area contributed by atoms with Crippen molar-refractivity contribution in [2.45, 2.75) is 26.7 Å². The molecule has 0 saturated carbocycles. The van der Waals surface area contributed by atoms with E-state index in [9.17, 15) is 9.90 Å². The van der Waals surface area contributed by atoms with Crippen molar-refractivity contribution in [3.8, 4) is 0 Å². The van der Waals surface area contributed by atoms with Crippen LogP contribution in [0.25, 0.3) is 0 Å². The maximum Gasteiger partial charge on any atom is 0.336 e. The topological polar surface area (TPSA) is 49.7 Å². The molecule has 108 valence electrons. The molecule has 0 bridgehead atoms. The average molecular weight is 281 g/mol. The van der Waals surface area contributed by atoms with E-state index in [1.807, 2.05) is 43.3 Å². The minimum atomic E-state index is -0.917. The largest absolute Gasteiger partial charge is 0.478 e. The zero-order valence-corrected chi connectivity index (χ0v) is 12.3. The van der Waals surface area contributed by atoms with Crippen LogP contribution < -0.4 is 0 Å². The lowest BCUT2D eigenvalue weighted by molar-refractivity contribution is 0.0696. The molecule has 0 aliphatic rings. The lowest BCUT2D eigenvalue weighted by Crippen LogP contribution is -2.09. The van der Waals surface area contributed by atoms with Gasteiger partial charge in [0.2, 0.25) is 0 Å². The fourth-order valence-electron chi connectivity index (χ4n) is 2.24. The Hall–Kier alpha value is -2.42. The van der Waals surface area contributed by atoms with Gasteiger partial charge in [0, 0.05) is 11.3 Å². The second-order valence-electron chi connectivity index (χ2n) is 4.95. The number of hydrogen-bond acceptors (Lipinski definition) is 2. The summed E-state index contributed by atoms with van der Waals surface area (Å²) in [6.45, 7) is 4.07. The number of aliphatic imine (C=N–C) groups is 1. The molecule has 0 atom stereocenters. The third-order valence-corrected chi connectivity index (χ3v) is 3.33. The number of rotatable bonds is 5.